The quantitative estimate of drug-likeness (QED) is 0.891. The first kappa shape index (κ1) is 14.2. The summed E-state index contributed by atoms with van der Waals surface area (Å²) in [5, 5.41) is 11.4. The first-order valence-electron chi connectivity index (χ1n) is 8.67. The van der Waals surface area contributed by atoms with Crippen LogP contribution in [0.1, 0.15) is 74.3 Å². The molecule has 22 heavy (non-hydrogen) atoms. The smallest absolute Gasteiger partial charge is 0.273 e. The molecule has 1 heterocycles. The first-order valence-corrected chi connectivity index (χ1v) is 8.67. The lowest BCUT2D eigenvalue weighted by atomic mass is 9.50. The predicted octanol–water partition coefficient (Wildman–Crippen LogP) is 1.78. The fourth-order valence-electron chi connectivity index (χ4n) is 4.47. The summed E-state index contributed by atoms with van der Waals surface area (Å²) in [5.41, 5.74) is 6.76. The molecule has 6 nitrogen and oxygen atoms in total. The molecule has 2 unspecified atom stereocenters. The third-order valence-corrected chi connectivity index (χ3v) is 6.20. The number of hydrogen-bond acceptors (Lipinski definition) is 4. The van der Waals surface area contributed by atoms with Gasteiger partial charge >= 0.3 is 0 Å². The van der Waals surface area contributed by atoms with E-state index in [1.807, 2.05) is 10.9 Å². The average molecular weight is 303 g/mol. The number of rotatable bonds is 3. The van der Waals surface area contributed by atoms with E-state index in [1.54, 1.807) is 0 Å². The maximum atomic E-state index is 12.4. The van der Waals surface area contributed by atoms with E-state index in [9.17, 15) is 4.79 Å². The summed E-state index contributed by atoms with van der Waals surface area (Å²) in [7, 11) is 0. The van der Waals surface area contributed by atoms with Crippen molar-refractivity contribution in [2.24, 2.45) is 11.1 Å². The minimum Gasteiger partial charge on any atom is -0.347 e. The van der Waals surface area contributed by atoms with Gasteiger partial charge in [-0.05, 0) is 32.1 Å². The van der Waals surface area contributed by atoms with Crippen LogP contribution in [0.4, 0.5) is 0 Å². The molecule has 0 saturated heterocycles. The van der Waals surface area contributed by atoms with Gasteiger partial charge in [-0.3, -0.25) is 4.79 Å². The highest BCUT2D eigenvalue weighted by atomic mass is 16.2. The first-order chi connectivity index (χ1) is 10.7. The van der Waals surface area contributed by atoms with E-state index < -0.39 is 0 Å². The summed E-state index contributed by atoms with van der Waals surface area (Å²) in [4.78, 5) is 12.4. The molecule has 0 aromatic carbocycles. The lowest BCUT2D eigenvalue weighted by Gasteiger charge is -2.60. The highest BCUT2D eigenvalue weighted by Crippen LogP contribution is 2.55. The fourth-order valence-corrected chi connectivity index (χ4v) is 4.47. The van der Waals surface area contributed by atoms with Gasteiger partial charge < -0.3 is 11.1 Å². The molecule has 3 aliphatic carbocycles. The molecule has 1 aromatic rings. The Morgan fingerprint density at radius 3 is 2.68 bits per heavy atom. The topological polar surface area (TPSA) is 85.8 Å². The van der Waals surface area contributed by atoms with E-state index in [2.05, 4.69) is 15.6 Å². The van der Waals surface area contributed by atoms with Crippen molar-refractivity contribution in [3.8, 4) is 0 Å². The molecule has 3 aliphatic rings. The number of hydrogen-bond donors (Lipinski definition) is 2. The van der Waals surface area contributed by atoms with E-state index in [4.69, 9.17) is 5.73 Å². The molecule has 3 N–H and O–H groups in total. The van der Waals surface area contributed by atoms with Crippen molar-refractivity contribution < 1.29 is 4.79 Å². The number of carbonyl (C=O) groups excluding carboxylic acids is 1. The summed E-state index contributed by atoms with van der Waals surface area (Å²) < 4.78 is 1.89. The molecule has 3 saturated carbocycles. The minimum atomic E-state index is -0.0924. The minimum absolute atomic E-state index is 0.0924. The Kier molecular flexibility index (Phi) is 3.44. The Morgan fingerprint density at radius 2 is 2.05 bits per heavy atom. The van der Waals surface area contributed by atoms with Crippen LogP contribution in [0.25, 0.3) is 0 Å². The van der Waals surface area contributed by atoms with Crippen molar-refractivity contribution in [3.63, 3.8) is 0 Å². The van der Waals surface area contributed by atoms with Gasteiger partial charge in [-0.25, -0.2) is 4.68 Å². The van der Waals surface area contributed by atoms with Gasteiger partial charge in [0.2, 0.25) is 0 Å². The van der Waals surface area contributed by atoms with Gasteiger partial charge in [-0.1, -0.05) is 30.9 Å². The molecule has 0 radical (unpaired) electrons. The van der Waals surface area contributed by atoms with Crippen molar-refractivity contribution in [2.75, 3.05) is 0 Å². The molecule has 1 amide bonds. The van der Waals surface area contributed by atoms with Crippen molar-refractivity contribution in [3.05, 3.63) is 11.9 Å². The predicted molar refractivity (Wildman–Crippen MR) is 82.3 cm³/mol. The number of nitrogens with one attached hydrogen (secondary N) is 1. The van der Waals surface area contributed by atoms with Crippen molar-refractivity contribution in [2.45, 2.75) is 75.9 Å². The fraction of sp³-hybridized carbons (Fsp3) is 0.812. The Morgan fingerprint density at radius 1 is 1.27 bits per heavy atom. The second-order valence-electron chi connectivity index (χ2n) is 7.33. The zero-order chi connectivity index (χ0) is 15.2. The zero-order valence-electron chi connectivity index (χ0n) is 13.0. The Hall–Kier alpha value is -1.43. The standard InChI is InChI=1S/C16H25N5O/c17-13-9-14(16(13)7-4-8-16)18-15(22)12-10-21(20-19-12)11-5-2-1-3-6-11/h10-11,13-14H,1-9,17H2,(H,18,22). The van der Waals surface area contributed by atoms with Crippen molar-refractivity contribution in [1.29, 1.82) is 0 Å². The number of nitrogens with two attached hydrogens (primary N) is 1. The monoisotopic (exact) mass is 303 g/mol. The summed E-state index contributed by atoms with van der Waals surface area (Å²) in [6, 6.07) is 0.894. The molecule has 0 bridgehead atoms. The molecule has 1 spiro atoms. The molecule has 120 valence electrons. The number of carbonyl (C=O) groups is 1. The largest absolute Gasteiger partial charge is 0.347 e. The van der Waals surface area contributed by atoms with E-state index >= 15 is 0 Å². The Bertz CT molecular complexity index is 559. The van der Waals surface area contributed by atoms with Crippen LogP contribution in [0, 0.1) is 5.41 Å². The highest BCUT2D eigenvalue weighted by Gasteiger charge is 2.57. The van der Waals surface area contributed by atoms with Gasteiger partial charge in [-0.2, -0.15) is 0 Å². The van der Waals surface area contributed by atoms with Crippen LogP contribution in [0.5, 0.6) is 0 Å². The Balaban J connectivity index is 1.40. The van der Waals surface area contributed by atoms with Gasteiger partial charge in [0.25, 0.3) is 5.91 Å². The maximum absolute atomic E-state index is 12.4. The van der Waals surface area contributed by atoms with E-state index in [1.165, 1.54) is 25.7 Å². The van der Waals surface area contributed by atoms with E-state index in [0.29, 0.717) is 11.7 Å². The molecular formula is C16H25N5O. The lowest BCUT2D eigenvalue weighted by Crippen LogP contribution is -2.69. The molecule has 6 heteroatoms. The number of nitrogens with zero attached hydrogens (tertiary/aromatic N) is 3. The van der Waals surface area contributed by atoms with Gasteiger partial charge in [0, 0.05) is 17.5 Å². The van der Waals surface area contributed by atoms with Crippen LogP contribution in [0.15, 0.2) is 6.20 Å². The second kappa shape index (κ2) is 5.33. The SMILES string of the molecule is NC1CC(NC(=O)c2cn(C3CCCCC3)nn2)C12CCC2. The summed E-state index contributed by atoms with van der Waals surface area (Å²) >= 11 is 0. The molecule has 4 rings (SSSR count). The van der Waals surface area contributed by atoms with Gasteiger partial charge in [0.15, 0.2) is 5.69 Å². The highest BCUT2D eigenvalue weighted by molar-refractivity contribution is 5.92. The molecule has 2 atom stereocenters. The lowest BCUT2D eigenvalue weighted by molar-refractivity contribution is -0.0390. The maximum Gasteiger partial charge on any atom is 0.273 e. The zero-order valence-corrected chi connectivity index (χ0v) is 13.0. The third kappa shape index (κ3) is 2.16. The molecule has 3 fully saturated rings. The molecule has 1 aromatic heterocycles. The average Bonchev–Trinajstić information content (AvgIpc) is 2.95. The van der Waals surface area contributed by atoms with Crippen molar-refractivity contribution in [1.82, 2.24) is 20.3 Å². The Labute approximate surface area is 130 Å². The number of amides is 1. The third-order valence-electron chi connectivity index (χ3n) is 6.20. The molecular weight excluding hydrogens is 278 g/mol. The van der Waals surface area contributed by atoms with Crippen LogP contribution in [-0.4, -0.2) is 33.0 Å². The number of aromatic nitrogens is 3. The molecule has 0 aliphatic heterocycles. The van der Waals surface area contributed by atoms with Gasteiger partial charge in [0.05, 0.1) is 12.2 Å². The summed E-state index contributed by atoms with van der Waals surface area (Å²) in [6.45, 7) is 0. The van der Waals surface area contributed by atoms with E-state index in [0.717, 1.165) is 32.1 Å². The van der Waals surface area contributed by atoms with Gasteiger partial charge in [-0.15, -0.1) is 5.10 Å². The second-order valence-corrected chi connectivity index (χ2v) is 7.33. The van der Waals surface area contributed by atoms with Gasteiger partial charge in [0.1, 0.15) is 0 Å². The summed E-state index contributed by atoms with van der Waals surface area (Å²) in [5.74, 6) is -0.0924. The van der Waals surface area contributed by atoms with Crippen LogP contribution >= 0.6 is 0 Å². The summed E-state index contributed by atoms with van der Waals surface area (Å²) in [6.07, 6.45) is 12.3. The van der Waals surface area contributed by atoms with E-state index in [-0.39, 0.29) is 23.4 Å². The van der Waals surface area contributed by atoms with Crippen molar-refractivity contribution >= 4 is 5.91 Å². The van der Waals surface area contributed by atoms with Crippen LogP contribution in [-0.2, 0) is 0 Å². The van der Waals surface area contributed by atoms with Crippen LogP contribution in [0.2, 0.25) is 0 Å². The normalized spacial score (nSPS) is 30.6. The van der Waals surface area contributed by atoms with Crippen LogP contribution in [0.3, 0.4) is 0 Å². The van der Waals surface area contributed by atoms with Crippen LogP contribution < -0.4 is 11.1 Å².